The van der Waals surface area contributed by atoms with E-state index in [4.69, 9.17) is 10.9 Å². The van der Waals surface area contributed by atoms with Crippen molar-refractivity contribution in [2.45, 2.75) is 84.6 Å². The molecule has 0 aliphatic rings. The molecule has 0 saturated heterocycles. The molecule has 0 bridgehead atoms. The predicted octanol–water partition coefficient (Wildman–Crippen LogP) is 4.33. The Hall–Kier alpha value is -0.570. The molecular formula is C15H32N2O. The highest BCUT2D eigenvalue weighted by Crippen LogP contribution is 2.21. The summed E-state index contributed by atoms with van der Waals surface area (Å²) in [7, 11) is 0. The second kappa shape index (κ2) is 10.4. The SMILES string of the molecule is CCC(N)CCCCCCCCC(C)(C)/C=N/O. The van der Waals surface area contributed by atoms with Crippen molar-refractivity contribution in [3.05, 3.63) is 0 Å². The highest BCUT2D eigenvalue weighted by atomic mass is 16.4. The lowest BCUT2D eigenvalue weighted by Crippen LogP contribution is -2.17. The van der Waals surface area contributed by atoms with Crippen LogP contribution in [0.1, 0.15) is 78.6 Å². The molecule has 0 heterocycles. The molecule has 0 spiro atoms. The van der Waals surface area contributed by atoms with Gasteiger partial charge < -0.3 is 10.9 Å². The first-order chi connectivity index (χ1) is 8.52. The second-order valence-electron chi connectivity index (χ2n) is 6.06. The molecule has 0 aliphatic heterocycles. The van der Waals surface area contributed by atoms with Crippen molar-refractivity contribution >= 4 is 6.21 Å². The normalized spacial score (nSPS) is 14.2. The number of hydrogen-bond acceptors (Lipinski definition) is 3. The lowest BCUT2D eigenvalue weighted by Gasteiger charge is -2.17. The maximum atomic E-state index is 8.53. The van der Waals surface area contributed by atoms with E-state index in [1.54, 1.807) is 6.21 Å². The quantitative estimate of drug-likeness (QED) is 0.250. The number of rotatable bonds is 11. The Kier molecular flexibility index (Phi) is 10.0. The van der Waals surface area contributed by atoms with E-state index in [-0.39, 0.29) is 5.41 Å². The molecule has 0 aromatic carbocycles. The maximum Gasteiger partial charge on any atom is 0.0492 e. The van der Waals surface area contributed by atoms with Gasteiger partial charge in [0.1, 0.15) is 0 Å². The van der Waals surface area contributed by atoms with Crippen LogP contribution in [0.4, 0.5) is 0 Å². The van der Waals surface area contributed by atoms with Gasteiger partial charge in [-0.1, -0.05) is 59.3 Å². The minimum atomic E-state index is 0.0304. The Morgan fingerprint density at radius 3 is 2.22 bits per heavy atom. The van der Waals surface area contributed by atoms with Crippen LogP contribution in [0, 0.1) is 5.41 Å². The summed E-state index contributed by atoms with van der Waals surface area (Å²) in [5, 5.41) is 11.7. The van der Waals surface area contributed by atoms with Crippen molar-refractivity contribution in [1.82, 2.24) is 0 Å². The predicted molar refractivity (Wildman–Crippen MR) is 79.3 cm³/mol. The molecule has 108 valence electrons. The van der Waals surface area contributed by atoms with Crippen molar-refractivity contribution in [2.24, 2.45) is 16.3 Å². The van der Waals surface area contributed by atoms with E-state index < -0.39 is 0 Å². The number of nitrogens with two attached hydrogens (primary N) is 1. The van der Waals surface area contributed by atoms with E-state index >= 15 is 0 Å². The first kappa shape index (κ1) is 17.4. The summed E-state index contributed by atoms with van der Waals surface area (Å²) in [5.74, 6) is 0. The molecule has 0 amide bonds. The molecule has 18 heavy (non-hydrogen) atoms. The standard InChI is InChI=1S/C15H32N2O/c1-4-14(16)11-9-7-5-6-8-10-12-15(2,3)13-17-18/h13-14,18H,4-12,16H2,1-3H3/b17-13+. The molecular weight excluding hydrogens is 224 g/mol. The Morgan fingerprint density at radius 1 is 1.11 bits per heavy atom. The molecule has 0 saturated carbocycles. The van der Waals surface area contributed by atoms with Gasteiger partial charge in [-0.05, 0) is 19.3 Å². The fourth-order valence-electron chi connectivity index (χ4n) is 2.12. The summed E-state index contributed by atoms with van der Waals surface area (Å²) in [6.45, 7) is 6.37. The van der Waals surface area contributed by atoms with Gasteiger partial charge in [0.2, 0.25) is 0 Å². The molecule has 0 rings (SSSR count). The number of hydrogen-bond donors (Lipinski definition) is 2. The zero-order valence-corrected chi connectivity index (χ0v) is 12.5. The van der Waals surface area contributed by atoms with Gasteiger partial charge in [-0.15, -0.1) is 5.16 Å². The molecule has 0 aromatic heterocycles. The second-order valence-corrected chi connectivity index (χ2v) is 6.06. The fraction of sp³-hybridized carbons (Fsp3) is 0.933. The summed E-state index contributed by atoms with van der Waals surface area (Å²) < 4.78 is 0. The molecule has 1 unspecified atom stereocenters. The van der Waals surface area contributed by atoms with Crippen LogP contribution < -0.4 is 5.73 Å². The van der Waals surface area contributed by atoms with Gasteiger partial charge >= 0.3 is 0 Å². The Balaban J connectivity index is 3.31. The molecule has 0 fully saturated rings. The Bertz CT molecular complexity index is 215. The molecule has 0 aliphatic carbocycles. The molecule has 0 aromatic rings. The number of unbranched alkanes of at least 4 members (excludes halogenated alkanes) is 5. The smallest absolute Gasteiger partial charge is 0.0492 e. The van der Waals surface area contributed by atoms with Crippen LogP contribution in [0.2, 0.25) is 0 Å². The van der Waals surface area contributed by atoms with Gasteiger partial charge in [-0.3, -0.25) is 0 Å². The van der Waals surface area contributed by atoms with E-state index in [0.717, 1.165) is 12.8 Å². The third-order valence-electron chi connectivity index (χ3n) is 3.58. The summed E-state index contributed by atoms with van der Waals surface area (Å²) in [6.07, 6.45) is 12.7. The molecule has 3 heteroatoms. The Labute approximate surface area is 113 Å². The fourth-order valence-corrected chi connectivity index (χ4v) is 2.12. The van der Waals surface area contributed by atoms with Crippen LogP contribution in [0.3, 0.4) is 0 Å². The lowest BCUT2D eigenvalue weighted by molar-refractivity contribution is 0.310. The van der Waals surface area contributed by atoms with Gasteiger partial charge in [0.05, 0.1) is 0 Å². The third-order valence-corrected chi connectivity index (χ3v) is 3.58. The van der Waals surface area contributed by atoms with Crippen molar-refractivity contribution < 1.29 is 5.21 Å². The minimum Gasteiger partial charge on any atom is -0.411 e. The number of nitrogens with zero attached hydrogens (tertiary/aromatic N) is 1. The monoisotopic (exact) mass is 256 g/mol. The van der Waals surface area contributed by atoms with Crippen LogP contribution in [0.5, 0.6) is 0 Å². The average molecular weight is 256 g/mol. The van der Waals surface area contributed by atoms with Crippen LogP contribution in [0.15, 0.2) is 5.16 Å². The van der Waals surface area contributed by atoms with E-state index in [9.17, 15) is 0 Å². The van der Waals surface area contributed by atoms with Crippen molar-refractivity contribution in [3.8, 4) is 0 Å². The van der Waals surface area contributed by atoms with Crippen LogP contribution in [0.25, 0.3) is 0 Å². The zero-order chi connectivity index (χ0) is 13.9. The van der Waals surface area contributed by atoms with Crippen LogP contribution in [-0.2, 0) is 0 Å². The van der Waals surface area contributed by atoms with Gasteiger partial charge in [0.25, 0.3) is 0 Å². The van der Waals surface area contributed by atoms with E-state index in [1.165, 1.54) is 44.9 Å². The summed E-state index contributed by atoms with van der Waals surface area (Å²) >= 11 is 0. The first-order valence-corrected chi connectivity index (χ1v) is 7.46. The first-order valence-electron chi connectivity index (χ1n) is 7.46. The largest absolute Gasteiger partial charge is 0.411 e. The van der Waals surface area contributed by atoms with Gasteiger partial charge in [-0.25, -0.2) is 0 Å². The third kappa shape index (κ3) is 10.6. The molecule has 0 radical (unpaired) electrons. The van der Waals surface area contributed by atoms with Crippen molar-refractivity contribution in [2.75, 3.05) is 0 Å². The average Bonchev–Trinajstić information content (AvgIpc) is 2.32. The summed E-state index contributed by atoms with van der Waals surface area (Å²) in [5.41, 5.74) is 5.91. The summed E-state index contributed by atoms with van der Waals surface area (Å²) in [6, 6.07) is 0.406. The summed E-state index contributed by atoms with van der Waals surface area (Å²) in [4.78, 5) is 0. The van der Waals surface area contributed by atoms with Gasteiger partial charge in [0.15, 0.2) is 0 Å². The minimum absolute atomic E-state index is 0.0304. The van der Waals surface area contributed by atoms with E-state index in [1.807, 2.05) is 0 Å². The van der Waals surface area contributed by atoms with Crippen molar-refractivity contribution in [3.63, 3.8) is 0 Å². The maximum absolute atomic E-state index is 8.53. The highest BCUT2D eigenvalue weighted by Gasteiger charge is 2.14. The van der Waals surface area contributed by atoms with E-state index in [2.05, 4.69) is 25.9 Å². The molecule has 3 N–H and O–H groups in total. The van der Waals surface area contributed by atoms with E-state index in [0.29, 0.717) is 6.04 Å². The molecule has 1 atom stereocenters. The topological polar surface area (TPSA) is 58.6 Å². The van der Waals surface area contributed by atoms with Crippen LogP contribution in [-0.4, -0.2) is 17.5 Å². The zero-order valence-electron chi connectivity index (χ0n) is 12.5. The van der Waals surface area contributed by atoms with Crippen LogP contribution >= 0.6 is 0 Å². The van der Waals surface area contributed by atoms with Gasteiger partial charge in [0, 0.05) is 17.7 Å². The highest BCUT2D eigenvalue weighted by molar-refractivity contribution is 5.63. The van der Waals surface area contributed by atoms with Crippen molar-refractivity contribution in [1.29, 1.82) is 0 Å². The molecule has 3 nitrogen and oxygen atoms in total. The number of oxime groups is 1. The Morgan fingerprint density at radius 2 is 1.67 bits per heavy atom. The lowest BCUT2D eigenvalue weighted by atomic mass is 9.88. The van der Waals surface area contributed by atoms with Gasteiger partial charge in [-0.2, -0.15) is 0 Å².